The quantitative estimate of drug-likeness (QED) is 0.162. The Morgan fingerprint density at radius 2 is 1.07 bits per heavy atom. The lowest BCUT2D eigenvalue weighted by Gasteiger charge is -2.30. The fourth-order valence-electron chi connectivity index (χ4n) is 9.77. The molecule has 3 heterocycles. The molecule has 0 aliphatic carbocycles. The standard InChI is InChI=1S/C50H39NSSi2/c1-53(2)44-24-10-8-20-40(44)48-42(22-13-25-45(48)53)51(34-17-11-16-33(30-34)37-21-12-15-32-14-5-6-18-36(32)37)35-26-27-41-47(31-35)54(3,4)46-29-28-39-38-19-7-9-23-43(38)52-50(39)49(41)46/h5-31H,1-4H3. The number of nitrogens with zero attached hydrogens (tertiary/aromatic N) is 1. The van der Waals surface area contributed by atoms with Gasteiger partial charge in [0.1, 0.15) is 16.1 Å². The van der Waals surface area contributed by atoms with Gasteiger partial charge in [-0.15, -0.1) is 11.3 Å². The van der Waals surface area contributed by atoms with Gasteiger partial charge in [-0.1, -0.05) is 154 Å². The van der Waals surface area contributed by atoms with Crippen LogP contribution in [0.3, 0.4) is 0 Å². The minimum atomic E-state index is -2.04. The smallest absolute Gasteiger partial charge is 0.114 e. The molecule has 0 spiro atoms. The maximum absolute atomic E-state index is 2.57. The first-order chi connectivity index (χ1) is 26.3. The number of anilines is 3. The molecule has 0 N–H and O–H groups in total. The fourth-order valence-corrected chi connectivity index (χ4v) is 17.3. The van der Waals surface area contributed by atoms with Crippen LogP contribution in [0.2, 0.25) is 26.2 Å². The van der Waals surface area contributed by atoms with Gasteiger partial charge < -0.3 is 4.90 Å². The summed E-state index contributed by atoms with van der Waals surface area (Å²) < 4.78 is 2.80. The summed E-state index contributed by atoms with van der Waals surface area (Å²) in [6.07, 6.45) is 0. The van der Waals surface area contributed by atoms with Gasteiger partial charge in [0.15, 0.2) is 0 Å². The van der Waals surface area contributed by atoms with Gasteiger partial charge in [0.25, 0.3) is 0 Å². The van der Waals surface area contributed by atoms with Crippen LogP contribution in [0.4, 0.5) is 17.1 Å². The van der Waals surface area contributed by atoms with E-state index in [9.17, 15) is 0 Å². The third kappa shape index (κ3) is 4.42. The molecule has 258 valence electrons. The molecule has 0 unspecified atom stereocenters. The Bertz CT molecular complexity index is 3020. The Morgan fingerprint density at radius 3 is 1.98 bits per heavy atom. The summed E-state index contributed by atoms with van der Waals surface area (Å²) in [6, 6.07) is 62.1. The van der Waals surface area contributed by atoms with E-state index in [1.165, 1.54) is 96.9 Å². The molecule has 0 saturated heterocycles. The summed E-state index contributed by atoms with van der Waals surface area (Å²) in [5, 5.41) is 11.4. The average Bonchev–Trinajstić information content (AvgIpc) is 3.78. The number of fused-ring (bicyclic) bond motifs is 11. The molecule has 54 heavy (non-hydrogen) atoms. The fraction of sp³-hybridized carbons (Fsp3) is 0.0800. The molecular formula is C50H39NSSi2. The summed E-state index contributed by atoms with van der Waals surface area (Å²) in [7, 11) is -3.93. The largest absolute Gasteiger partial charge is 0.310 e. The van der Waals surface area contributed by atoms with E-state index >= 15 is 0 Å². The summed E-state index contributed by atoms with van der Waals surface area (Å²) in [4.78, 5) is 2.57. The molecule has 0 amide bonds. The molecule has 0 radical (unpaired) electrons. The zero-order valence-corrected chi connectivity index (χ0v) is 33.8. The SMILES string of the molecule is C[Si]1(C)c2ccccc2-c2c(N(c3cccc(-c4cccc5ccccc45)c3)c3ccc4c(c3)[Si](C)(C)c3ccc5c(sc6ccccc65)c3-4)cccc21. The third-order valence-electron chi connectivity index (χ3n) is 12.5. The highest BCUT2D eigenvalue weighted by Gasteiger charge is 2.41. The summed E-state index contributed by atoms with van der Waals surface area (Å²) >= 11 is 1.96. The average molecular weight is 742 g/mol. The van der Waals surface area contributed by atoms with Gasteiger partial charge in [0, 0.05) is 37.1 Å². The van der Waals surface area contributed by atoms with E-state index in [0.29, 0.717) is 0 Å². The van der Waals surface area contributed by atoms with Crippen molar-refractivity contribution in [1.82, 2.24) is 0 Å². The van der Waals surface area contributed by atoms with Crippen molar-refractivity contribution in [3.63, 3.8) is 0 Å². The summed E-state index contributed by atoms with van der Waals surface area (Å²) in [6.45, 7) is 10.1. The molecule has 2 aliphatic heterocycles. The molecule has 4 heteroatoms. The second-order valence-corrected chi connectivity index (χ2v) is 25.8. The van der Waals surface area contributed by atoms with Crippen LogP contribution < -0.4 is 25.6 Å². The second-order valence-electron chi connectivity index (χ2n) is 16.1. The monoisotopic (exact) mass is 741 g/mol. The lowest BCUT2D eigenvalue weighted by molar-refractivity contribution is 1.29. The minimum absolute atomic E-state index is 1.18. The summed E-state index contributed by atoms with van der Waals surface area (Å²) in [5.41, 5.74) is 11.8. The first kappa shape index (κ1) is 32.0. The minimum Gasteiger partial charge on any atom is -0.310 e. The molecule has 11 rings (SSSR count). The predicted molar refractivity (Wildman–Crippen MR) is 241 cm³/mol. The van der Waals surface area contributed by atoms with E-state index in [1.54, 1.807) is 5.19 Å². The van der Waals surface area contributed by atoms with Gasteiger partial charge in [-0.2, -0.15) is 0 Å². The van der Waals surface area contributed by atoms with Crippen molar-refractivity contribution in [1.29, 1.82) is 0 Å². The molecule has 9 aromatic rings. The number of rotatable bonds is 4. The number of hydrogen-bond donors (Lipinski definition) is 0. The molecule has 1 aromatic heterocycles. The number of thiophene rings is 1. The van der Waals surface area contributed by atoms with E-state index in [2.05, 4.69) is 195 Å². The van der Waals surface area contributed by atoms with E-state index < -0.39 is 16.1 Å². The molecule has 1 nitrogen and oxygen atoms in total. The van der Waals surface area contributed by atoms with E-state index in [1.807, 2.05) is 11.3 Å². The van der Waals surface area contributed by atoms with Crippen molar-refractivity contribution < 1.29 is 0 Å². The lowest BCUT2D eigenvalue weighted by Crippen LogP contribution is -2.49. The van der Waals surface area contributed by atoms with Crippen LogP contribution in [0.1, 0.15) is 0 Å². The number of benzene rings is 8. The molecule has 2 aliphatic rings. The van der Waals surface area contributed by atoms with E-state index in [4.69, 9.17) is 0 Å². The Hall–Kier alpha value is -5.53. The molecule has 0 saturated carbocycles. The van der Waals surface area contributed by atoms with Crippen molar-refractivity contribution in [2.45, 2.75) is 26.2 Å². The van der Waals surface area contributed by atoms with Gasteiger partial charge >= 0.3 is 0 Å². The lowest BCUT2D eigenvalue weighted by atomic mass is 9.97. The molecule has 0 fully saturated rings. The van der Waals surface area contributed by atoms with E-state index in [0.717, 1.165) is 0 Å². The van der Waals surface area contributed by atoms with Crippen LogP contribution in [-0.4, -0.2) is 16.1 Å². The van der Waals surface area contributed by atoms with Crippen molar-refractivity contribution in [2.24, 2.45) is 0 Å². The van der Waals surface area contributed by atoms with Crippen molar-refractivity contribution in [3.8, 4) is 33.4 Å². The summed E-state index contributed by atoms with van der Waals surface area (Å²) in [5.74, 6) is 0. The topological polar surface area (TPSA) is 3.24 Å². The molecule has 8 aromatic carbocycles. The Kier molecular flexibility index (Phi) is 6.80. The second kappa shape index (κ2) is 11.5. The first-order valence-electron chi connectivity index (χ1n) is 19.0. The van der Waals surface area contributed by atoms with Crippen molar-refractivity contribution >= 4 is 96.2 Å². The van der Waals surface area contributed by atoms with Crippen LogP contribution in [0, 0.1) is 0 Å². The van der Waals surface area contributed by atoms with Crippen LogP contribution in [-0.2, 0) is 0 Å². The van der Waals surface area contributed by atoms with Crippen LogP contribution in [0.25, 0.3) is 64.3 Å². The maximum atomic E-state index is 2.57. The normalized spacial score (nSPS) is 14.6. The number of hydrogen-bond acceptors (Lipinski definition) is 2. The van der Waals surface area contributed by atoms with Crippen molar-refractivity contribution in [3.05, 3.63) is 164 Å². The Morgan fingerprint density at radius 1 is 0.426 bits per heavy atom. The zero-order chi connectivity index (χ0) is 36.3. The van der Waals surface area contributed by atoms with Gasteiger partial charge in [0.05, 0.1) is 5.69 Å². The zero-order valence-electron chi connectivity index (χ0n) is 30.9. The predicted octanol–water partition coefficient (Wildman–Crippen LogP) is 12.0. The highest BCUT2D eigenvalue weighted by Crippen LogP contribution is 2.47. The van der Waals surface area contributed by atoms with Gasteiger partial charge in [-0.05, 0) is 95.7 Å². The Labute approximate surface area is 322 Å². The highest BCUT2D eigenvalue weighted by atomic mass is 32.1. The van der Waals surface area contributed by atoms with Gasteiger partial charge in [-0.25, -0.2) is 0 Å². The van der Waals surface area contributed by atoms with Crippen LogP contribution >= 0.6 is 11.3 Å². The van der Waals surface area contributed by atoms with Crippen LogP contribution in [0.15, 0.2) is 164 Å². The third-order valence-corrected chi connectivity index (χ3v) is 20.7. The van der Waals surface area contributed by atoms with E-state index in [-0.39, 0.29) is 0 Å². The molecular weight excluding hydrogens is 703 g/mol. The van der Waals surface area contributed by atoms with Crippen LogP contribution in [0.5, 0.6) is 0 Å². The Balaban J connectivity index is 1.16. The van der Waals surface area contributed by atoms with Gasteiger partial charge in [-0.3, -0.25) is 0 Å². The highest BCUT2D eigenvalue weighted by molar-refractivity contribution is 7.26. The van der Waals surface area contributed by atoms with Gasteiger partial charge in [0.2, 0.25) is 0 Å². The first-order valence-corrected chi connectivity index (χ1v) is 25.8. The maximum Gasteiger partial charge on any atom is 0.114 e. The van der Waals surface area contributed by atoms with Crippen molar-refractivity contribution in [2.75, 3.05) is 4.90 Å². The molecule has 0 bridgehead atoms. The molecule has 0 atom stereocenters.